The first-order valence-electron chi connectivity index (χ1n) is 7.36. The molecule has 3 rings (SSSR count). The molecule has 23 heavy (non-hydrogen) atoms. The van der Waals surface area contributed by atoms with Crippen LogP contribution in [-0.2, 0) is 4.79 Å². The highest BCUT2D eigenvalue weighted by atomic mass is 32.2. The predicted octanol–water partition coefficient (Wildman–Crippen LogP) is 2.24. The van der Waals surface area contributed by atoms with E-state index in [-0.39, 0.29) is 11.7 Å². The van der Waals surface area contributed by atoms with Crippen molar-refractivity contribution in [2.75, 3.05) is 23.9 Å². The Morgan fingerprint density at radius 2 is 2.26 bits per heavy atom. The van der Waals surface area contributed by atoms with Gasteiger partial charge < -0.3 is 15.8 Å². The minimum absolute atomic E-state index is 0.122. The third-order valence-corrected chi connectivity index (χ3v) is 4.51. The van der Waals surface area contributed by atoms with E-state index in [0.717, 1.165) is 18.4 Å². The average Bonchev–Trinajstić information content (AvgIpc) is 3.29. The molecule has 8 heteroatoms. The van der Waals surface area contributed by atoms with E-state index >= 15 is 0 Å². The number of nitrogens with zero attached hydrogens (tertiary/aromatic N) is 3. The van der Waals surface area contributed by atoms with Crippen LogP contribution in [0, 0.1) is 6.92 Å². The molecule has 0 saturated heterocycles. The van der Waals surface area contributed by atoms with E-state index in [1.54, 1.807) is 7.11 Å². The van der Waals surface area contributed by atoms with E-state index in [9.17, 15) is 4.79 Å². The van der Waals surface area contributed by atoms with Gasteiger partial charge in [-0.3, -0.25) is 9.36 Å². The monoisotopic (exact) mass is 333 g/mol. The number of aromatic nitrogens is 3. The third kappa shape index (κ3) is 3.58. The van der Waals surface area contributed by atoms with Crippen LogP contribution in [0.2, 0.25) is 0 Å². The fourth-order valence-corrected chi connectivity index (χ4v) is 3.11. The summed E-state index contributed by atoms with van der Waals surface area (Å²) in [5, 5.41) is 11.5. The van der Waals surface area contributed by atoms with Crippen molar-refractivity contribution in [1.82, 2.24) is 14.8 Å². The lowest BCUT2D eigenvalue weighted by atomic mass is 10.2. The summed E-state index contributed by atoms with van der Waals surface area (Å²) in [6.07, 6.45) is 2.17. The Balaban J connectivity index is 1.63. The van der Waals surface area contributed by atoms with Crippen LogP contribution in [0.1, 0.15) is 24.4 Å². The van der Waals surface area contributed by atoms with Crippen molar-refractivity contribution in [2.45, 2.75) is 31.0 Å². The summed E-state index contributed by atoms with van der Waals surface area (Å²) in [6.45, 7) is 1.96. The van der Waals surface area contributed by atoms with Gasteiger partial charge in [-0.25, -0.2) is 0 Å². The molecule has 7 nitrogen and oxygen atoms in total. The lowest BCUT2D eigenvalue weighted by Crippen LogP contribution is -2.15. The number of nitrogen functional groups attached to an aromatic ring is 1. The number of amides is 1. The molecule has 1 aliphatic rings. The summed E-state index contributed by atoms with van der Waals surface area (Å²) >= 11 is 1.34. The van der Waals surface area contributed by atoms with Gasteiger partial charge in [0.15, 0.2) is 5.16 Å². The molecule has 1 heterocycles. The number of benzene rings is 1. The Morgan fingerprint density at radius 3 is 2.96 bits per heavy atom. The summed E-state index contributed by atoms with van der Waals surface area (Å²) < 4.78 is 7.17. The molecule has 1 amide bonds. The van der Waals surface area contributed by atoms with Crippen LogP contribution in [-0.4, -0.2) is 33.5 Å². The molecule has 1 aromatic carbocycles. The minimum Gasteiger partial charge on any atom is -0.495 e. The number of anilines is 2. The zero-order valence-electron chi connectivity index (χ0n) is 13.1. The molecule has 1 saturated carbocycles. The third-order valence-electron chi connectivity index (χ3n) is 3.56. The van der Waals surface area contributed by atoms with Crippen molar-refractivity contribution < 1.29 is 9.53 Å². The minimum atomic E-state index is -0.122. The number of hydrogen-bond donors (Lipinski definition) is 2. The summed E-state index contributed by atoms with van der Waals surface area (Å²) in [5.74, 6) is 1.17. The fraction of sp³-hybridized carbons (Fsp3) is 0.400. The number of nitrogens with two attached hydrogens (primary N) is 1. The highest BCUT2D eigenvalue weighted by Crippen LogP contribution is 2.39. The second-order valence-corrected chi connectivity index (χ2v) is 6.43. The maximum absolute atomic E-state index is 12.2. The van der Waals surface area contributed by atoms with E-state index in [4.69, 9.17) is 10.5 Å². The first-order chi connectivity index (χ1) is 11.1. The molecule has 0 atom stereocenters. The van der Waals surface area contributed by atoms with Crippen LogP contribution in [0.3, 0.4) is 0 Å². The zero-order chi connectivity index (χ0) is 16.4. The maximum atomic E-state index is 12.2. The Labute approximate surface area is 138 Å². The lowest BCUT2D eigenvalue weighted by Gasteiger charge is -2.11. The summed E-state index contributed by atoms with van der Waals surface area (Å²) in [7, 11) is 1.58. The molecule has 1 aliphatic carbocycles. The molecule has 0 bridgehead atoms. The second-order valence-electron chi connectivity index (χ2n) is 5.48. The largest absolute Gasteiger partial charge is 0.495 e. The van der Waals surface area contributed by atoms with Gasteiger partial charge in [0.2, 0.25) is 11.9 Å². The highest BCUT2D eigenvalue weighted by Gasteiger charge is 2.29. The average molecular weight is 333 g/mol. The second kappa shape index (κ2) is 6.49. The number of aryl methyl sites for hydroxylation is 1. The molecule has 1 fully saturated rings. The smallest absolute Gasteiger partial charge is 0.234 e. The number of hydrogen-bond acceptors (Lipinski definition) is 6. The van der Waals surface area contributed by atoms with E-state index in [1.165, 1.54) is 11.8 Å². The van der Waals surface area contributed by atoms with Crippen molar-refractivity contribution in [1.29, 1.82) is 0 Å². The summed E-state index contributed by atoms with van der Waals surface area (Å²) in [4.78, 5) is 12.2. The number of methoxy groups -OCH3 is 1. The number of nitrogens with one attached hydrogen (secondary N) is 1. The van der Waals surface area contributed by atoms with E-state index in [1.807, 2.05) is 29.7 Å². The van der Waals surface area contributed by atoms with E-state index in [2.05, 4.69) is 15.5 Å². The molecule has 3 N–H and O–H groups in total. The van der Waals surface area contributed by atoms with Crippen molar-refractivity contribution in [3.8, 4) is 5.75 Å². The normalized spacial score (nSPS) is 13.8. The van der Waals surface area contributed by atoms with Gasteiger partial charge in [-0.15, -0.1) is 10.2 Å². The van der Waals surface area contributed by atoms with E-state index < -0.39 is 0 Å². The summed E-state index contributed by atoms with van der Waals surface area (Å²) in [6, 6.07) is 6.03. The van der Waals surface area contributed by atoms with Gasteiger partial charge in [0, 0.05) is 6.04 Å². The van der Waals surface area contributed by atoms with Crippen LogP contribution >= 0.6 is 11.8 Å². The Kier molecular flexibility index (Phi) is 4.42. The van der Waals surface area contributed by atoms with Gasteiger partial charge in [0.05, 0.1) is 18.6 Å². The Bertz CT molecular complexity index is 727. The molecule has 0 spiro atoms. The van der Waals surface area contributed by atoms with Crippen molar-refractivity contribution in [3.63, 3.8) is 0 Å². The van der Waals surface area contributed by atoms with Crippen LogP contribution in [0.25, 0.3) is 0 Å². The predicted molar refractivity (Wildman–Crippen MR) is 89.8 cm³/mol. The summed E-state index contributed by atoms with van der Waals surface area (Å²) in [5.41, 5.74) is 7.54. The lowest BCUT2D eigenvalue weighted by molar-refractivity contribution is -0.113. The molecule has 0 unspecified atom stereocenters. The molecule has 0 aliphatic heterocycles. The van der Waals surface area contributed by atoms with Crippen LogP contribution < -0.4 is 15.8 Å². The Hall–Kier alpha value is -2.22. The molecule has 1 aromatic heterocycles. The molecular formula is C15H19N5O2S. The molecule has 0 radical (unpaired) electrons. The van der Waals surface area contributed by atoms with Gasteiger partial charge in [-0.2, -0.15) is 0 Å². The van der Waals surface area contributed by atoms with Crippen LogP contribution in [0.4, 0.5) is 11.6 Å². The standard InChI is InChI=1S/C15H19N5O2S/c1-9-3-6-12(22-2)11(7-9)17-13(21)8-23-15-19-18-14(16)20(15)10-4-5-10/h3,6-7,10H,4-5,8H2,1-2H3,(H2,16,18)(H,17,21). The highest BCUT2D eigenvalue weighted by molar-refractivity contribution is 7.99. The number of carbonyl (C=O) groups excluding carboxylic acids is 1. The van der Waals surface area contributed by atoms with Crippen molar-refractivity contribution in [3.05, 3.63) is 23.8 Å². The molecule has 122 valence electrons. The van der Waals surface area contributed by atoms with Gasteiger partial charge in [0.1, 0.15) is 5.75 Å². The number of thioether (sulfide) groups is 1. The van der Waals surface area contributed by atoms with Crippen LogP contribution in [0.15, 0.2) is 23.4 Å². The number of ether oxygens (including phenoxy) is 1. The van der Waals surface area contributed by atoms with Crippen molar-refractivity contribution in [2.24, 2.45) is 0 Å². The van der Waals surface area contributed by atoms with Gasteiger partial charge in [-0.1, -0.05) is 17.8 Å². The van der Waals surface area contributed by atoms with Gasteiger partial charge >= 0.3 is 0 Å². The SMILES string of the molecule is COc1ccc(C)cc1NC(=O)CSc1nnc(N)n1C1CC1. The number of rotatable bonds is 6. The topological polar surface area (TPSA) is 95.1 Å². The first-order valence-corrected chi connectivity index (χ1v) is 8.34. The zero-order valence-corrected chi connectivity index (χ0v) is 13.9. The Morgan fingerprint density at radius 1 is 1.48 bits per heavy atom. The van der Waals surface area contributed by atoms with Gasteiger partial charge in [0.25, 0.3) is 0 Å². The van der Waals surface area contributed by atoms with Crippen molar-refractivity contribution >= 4 is 29.3 Å². The van der Waals surface area contributed by atoms with Gasteiger partial charge in [-0.05, 0) is 37.5 Å². The maximum Gasteiger partial charge on any atom is 0.234 e. The quantitative estimate of drug-likeness (QED) is 0.787. The number of carbonyl (C=O) groups is 1. The van der Waals surface area contributed by atoms with Crippen LogP contribution in [0.5, 0.6) is 5.75 Å². The molecular weight excluding hydrogens is 314 g/mol. The fourth-order valence-electron chi connectivity index (χ4n) is 2.30. The molecule has 2 aromatic rings. The van der Waals surface area contributed by atoms with E-state index in [0.29, 0.717) is 28.6 Å². The first kappa shape index (κ1) is 15.7.